The molecule has 0 unspecified atom stereocenters. The van der Waals surface area contributed by atoms with Gasteiger partial charge in [0.05, 0.1) is 11.0 Å². The van der Waals surface area contributed by atoms with E-state index in [2.05, 4.69) is 11.4 Å². The van der Waals surface area contributed by atoms with Gasteiger partial charge in [-0.25, -0.2) is 4.79 Å². The van der Waals surface area contributed by atoms with Crippen molar-refractivity contribution in [1.82, 2.24) is 5.32 Å². The summed E-state index contributed by atoms with van der Waals surface area (Å²) >= 11 is 1.17. The number of fused-ring (bicyclic) bond motifs is 2. The highest BCUT2D eigenvalue weighted by atomic mass is 32.1. The second-order valence-corrected chi connectivity index (χ2v) is 7.96. The van der Waals surface area contributed by atoms with Gasteiger partial charge in [0.15, 0.2) is 6.61 Å². The van der Waals surface area contributed by atoms with Gasteiger partial charge in [-0.15, -0.1) is 11.3 Å². The lowest BCUT2D eigenvalue weighted by atomic mass is 9.88. The summed E-state index contributed by atoms with van der Waals surface area (Å²) in [6.45, 7) is -0.369. The first kappa shape index (κ1) is 19.1. The summed E-state index contributed by atoms with van der Waals surface area (Å²) in [7, 11) is 0. The highest BCUT2D eigenvalue weighted by Gasteiger charge is 2.22. The zero-order chi connectivity index (χ0) is 20.4. The normalized spacial score (nSPS) is 15.5. The number of non-ortho nitro benzene ring substituents is 1. The Morgan fingerprint density at radius 1 is 1.21 bits per heavy atom. The molecule has 0 fully saturated rings. The van der Waals surface area contributed by atoms with Crippen LogP contribution in [-0.4, -0.2) is 23.4 Å². The zero-order valence-corrected chi connectivity index (χ0v) is 16.2. The number of carbonyl (C=O) groups is 2. The molecular formula is C21H18N2O5S. The molecule has 1 atom stereocenters. The number of hydrogen-bond acceptors (Lipinski definition) is 6. The van der Waals surface area contributed by atoms with E-state index in [1.165, 1.54) is 29.0 Å². The number of hydrogen-bond donors (Lipinski definition) is 1. The molecule has 0 aliphatic heterocycles. The number of aryl methyl sites for hydroxylation is 1. The third kappa shape index (κ3) is 4.12. The SMILES string of the molecule is O=C(COC(=O)c1cc2cc([N+](=O)[O-])ccc2s1)N[C@H]1CCCc2ccccc21. The quantitative estimate of drug-likeness (QED) is 0.387. The van der Waals surface area contributed by atoms with Crippen LogP contribution in [0.25, 0.3) is 10.1 Å². The number of nitro groups is 1. The van der Waals surface area contributed by atoms with Crippen molar-refractivity contribution in [2.75, 3.05) is 6.61 Å². The molecule has 0 radical (unpaired) electrons. The van der Waals surface area contributed by atoms with Gasteiger partial charge >= 0.3 is 5.97 Å². The van der Waals surface area contributed by atoms with Gasteiger partial charge in [-0.1, -0.05) is 24.3 Å². The largest absolute Gasteiger partial charge is 0.451 e. The molecule has 1 heterocycles. The predicted octanol–water partition coefficient (Wildman–Crippen LogP) is 4.16. The maximum absolute atomic E-state index is 12.3. The number of esters is 1. The molecule has 1 aromatic heterocycles. The fourth-order valence-electron chi connectivity index (χ4n) is 3.59. The summed E-state index contributed by atoms with van der Waals surface area (Å²) in [5.41, 5.74) is 2.31. The van der Waals surface area contributed by atoms with Crippen molar-refractivity contribution in [2.45, 2.75) is 25.3 Å². The summed E-state index contributed by atoms with van der Waals surface area (Å²) in [6, 6.07) is 13.9. The zero-order valence-electron chi connectivity index (χ0n) is 15.4. The van der Waals surface area contributed by atoms with Crippen molar-refractivity contribution in [3.8, 4) is 0 Å². The van der Waals surface area contributed by atoms with Crippen molar-refractivity contribution >= 4 is 39.0 Å². The molecule has 0 spiro atoms. The number of amides is 1. The van der Waals surface area contributed by atoms with Crippen LogP contribution < -0.4 is 5.32 Å². The van der Waals surface area contributed by atoms with Gasteiger partial charge in [0.2, 0.25) is 0 Å². The topological polar surface area (TPSA) is 98.5 Å². The summed E-state index contributed by atoms with van der Waals surface area (Å²) in [5, 5.41) is 14.4. The van der Waals surface area contributed by atoms with E-state index >= 15 is 0 Å². The summed E-state index contributed by atoms with van der Waals surface area (Å²) < 4.78 is 5.89. The number of nitrogens with zero attached hydrogens (tertiary/aromatic N) is 1. The van der Waals surface area contributed by atoms with Crippen LogP contribution in [0, 0.1) is 10.1 Å². The van der Waals surface area contributed by atoms with Gasteiger partial charge < -0.3 is 10.1 Å². The molecule has 2 aromatic carbocycles. The Labute approximate surface area is 170 Å². The Bertz CT molecular complexity index is 1110. The van der Waals surface area contributed by atoms with E-state index in [9.17, 15) is 19.7 Å². The van der Waals surface area contributed by atoms with Gasteiger partial charge in [-0.05, 0) is 42.5 Å². The van der Waals surface area contributed by atoms with Crippen LogP contribution in [0.1, 0.15) is 39.7 Å². The number of ether oxygens (including phenoxy) is 1. The van der Waals surface area contributed by atoms with E-state index in [1.807, 2.05) is 18.2 Å². The molecule has 8 heteroatoms. The van der Waals surface area contributed by atoms with E-state index in [0.717, 1.165) is 29.5 Å². The van der Waals surface area contributed by atoms with Crippen molar-refractivity contribution in [1.29, 1.82) is 0 Å². The first-order valence-electron chi connectivity index (χ1n) is 9.23. The minimum atomic E-state index is -0.618. The maximum Gasteiger partial charge on any atom is 0.348 e. The first-order valence-corrected chi connectivity index (χ1v) is 10.0. The second kappa shape index (κ2) is 8.00. The number of rotatable bonds is 5. The minimum Gasteiger partial charge on any atom is -0.451 e. The fourth-order valence-corrected chi connectivity index (χ4v) is 4.52. The van der Waals surface area contributed by atoms with Crippen molar-refractivity contribution < 1.29 is 19.2 Å². The van der Waals surface area contributed by atoms with E-state index < -0.39 is 10.9 Å². The van der Waals surface area contributed by atoms with Crippen LogP contribution in [0.15, 0.2) is 48.5 Å². The molecule has 29 heavy (non-hydrogen) atoms. The van der Waals surface area contributed by atoms with Crippen molar-refractivity contribution in [3.05, 3.63) is 74.6 Å². The van der Waals surface area contributed by atoms with Gasteiger partial charge in [-0.3, -0.25) is 14.9 Å². The molecule has 1 aliphatic rings. The summed E-state index contributed by atoms with van der Waals surface area (Å²) in [6.07, 6.45) is 2.85. The lowest BCUT2D eigenvalue weighted by Gasteiger charge is -2.26. The number of thiophene rings is 1. The Kier molecular flexibility index (Phi) is 5.26. The highest BCUT2D eigenvalue weighted by Crippen LogP contribution is 2.30. The summed E-state index contributed by atoms with van der Waals surface area (Å²) in [4.78, 5) is 35.3. The molecule has 0 saturated carbocycles. The molecule has 3 aromatic rings. The van der Waals surface area contributed by atoms with E-state index in [4.69, 9.17) is 4.74 Å². The smallest absolute Gasteiger partial charge is 0.348 e. The molecule has 4 rings (SSSR count). The fraction of sp³-hybridized carbons (Fsp3) is 0.238. The van der Waals surface area contributed by atoms with Gasteiger partial charge in [-0.2, -0.15) is 0 Å². The van der Waals surface area contributed by atoms with Crippen LogP contribution in [0.5, 0.6) is 0 Å². The lowest BCUT2D eigenvalue weighted by Crippen LogP contribution is -2.34. The first-order chi connectivity index (χ1) is 14.0. The standard InChI is InChI=1S/C21H18N2O5S/c24-20(22-17-7-3-5-13-4-1-2-6-16(13)17)12-28-21(25)19-11-14-10-15(23(26)27)8-9-18(14)29-19/h1-2,4,6,8-11,17H,3,5,7,12H2,(H,22,24)/t17-/m0/s1. The van der Waals surface area contributed by atoms with E-state index in [0.29, 0.717) is 10.3 Å². The molecule has 0 saturated heterocycles. The maximum atomic E-state index is 12.3. The van der Waals surface area contributed by atoms with Crippen LogP contribution in [0.3, 0.4) is 0 Å². The number of nitro benzene ring substituents is 1. The third-order valence-corrected chi connectivity index (χ3v) is 6.05. The summed E-state index contributed by atoms with van der Waals surface area (Å²) in [5.74, 6) is -0.968. The van der Waals surface area contributed by atoms with E-state index in [1.54, 1.807) is 12.1 Å². The monoisotopic (exact) mass is 410 g/mol. The van der Waals surface area contributed by atoms with Crippen LogP contribution in [0.4, 0.5) is 5.69 Å². The predicted molar refractivity (Wildman–Crippen MR) is 109 cm³/mol. The molecular weight excluding hydrogens is 392 g/mol. The van der Waals surface area contributed by atoms with Crippen LogP contribution in [-0.2, 0) is 16.0 Å². The van der Waals surface area contributed by atoms with Gasteiger partial charge in [0.1, 0.15) is 4.88 Å². The third-order valence-electron chi connectivity index (χ3n) is 4.95. The number of nitrogens with one attached hydrogen (secondary N) is 1. The van der Waals surface area contributed by atoms with Crippen LogP contribution >= 0.6 is 11.3 Å². The number of carbonyl (C=O) groups excluding carboxylic acids is 2. The average molecular weight is 410 g/mol. The minimum absolute atomic E-state index is 0.0395. The average Bonchev–Trinajstić information content (AvgIpc) is 3.16. The van der Waals surface area contributed by atoms with Gasteiger partial charge in [0.25, 0.3) is 11.6 Å². The lowest BCUT2D eigenvalue weighted by molar-refractivity contribution is -0.384. The van der Waals surface area contributed by atoms with Gasteiger partial charge in [0, 0.05) is 22.2 Å². The molecule has 0 bridgehead atoms. The van der Waals surface area contributed by atoms with Crippen LogP contribution in [0.2, 0.25) is 0 Å². The Morgan fingerprint density at radius 2 is 2.03 bits per heavy atom. The molecule has 1 N–H and O–H groups in total. The highest BCUT2D eigenvalue weighted by molar-refractivity contribution is 7.20. The Hall–Kier alpha value is -3.26. The molecule has 7 nitrogen and oxygen atoms in total. The Morgan fingerprint density at radius 3 is 2.86 bits per heavy atom. The molecule has 1 amide bonds. The van der Waals surface area contributed by atoms with E-state index in [-0.39, 0.29) is 24.2 Å². The van der Waals surface area contributed by atoms with Crippen molar-refractivity contribution in [2.24, 2.45) is 0 Å². The Balaban J connectivity index is 1.38. The molecule has 148 valence electrons. The molecule has 1 aliphatic carbocycles. The van der Waals surface area contributed by atoms with Crippen molar-refractivity contribution in [3.63, 3.8) is 0 Å². The second-order valence-electron chi connectivity index (χ2n) is 6.88. The number of benzene rings is 2.